The van der Waals surface area contributed by atoms with Crippen LogP contribution in [0.3, 0.4) is 0 Å². The summed E-state index contributed by atoms with van der Waals surface area (Å²) in [5, 5.41) is 8.74. The van der Waals surface area contributed by atoms with Crippen molar-refractivity contribution in [2.45, 2.75) is 45.3 Å². The van der Waals surface area contributed by atoms with E-state index in [4.69, 9.17) is 15.7 Å². The smallest absolute Gasteiger partial charge is 0.192 e. The molecule has 19 heavy (non-hydrogen) atoms. The Morgan fingerprint density at radius 2 is 1.84 bits per heavy atom. The highest BCUT2D eigenvalue weighted by molar-refractivity contribution is 5.32. The van der Waals surface area contributed by atoms with E-state index in [-0.39, 0.29) is 6.04 Å². The van der Waals surface area contributed by atoms with Crippen LogP contribution in [0.2, 0.25) is 0 Å². The molecule has 2 N–H and O–H groups in total. The van der Waals surface area contributed by atoms with Gasteiger partial charge in [0.05, 0.1) is 0 Å². The van der Waals surface area contributed by atoms with Crippen LogP contribution in [0.1, 0.15) is 32.3 Å². The number of nitrogens with zero attached hydrogens (tertiary/aromatic N) is 1. The number of benzene rings is 1. The molecule has 0 saturated heterocycles. The molecule has 0 amide bonds. The largest absolute Gasteiger partial charge is 0.469 e. The van der Waals surface area contributed by atoms with Gasteiger partial charge in [-0.2, -0.15) is 5.26 Å². The van der Waals surface area contributed by atoms with Crippen molar-refractivity contribution in [3.63, 3.8) is 0 Å². The van der Waals surface area contributed by atoms with Crippen LogP contribution in [0.15, 0.2) is 12.1 Å². The summed E-state index contributed by atoms with van der Waals surface area (Å²) in [6.45, 7) is 3.62. The molecule has 1 aromatic carbocycles. The first-order valence-electron chi connectivity index (χ1n) is 6.31. The SMILES string of the molecule is CCC(N)Cc1cc(F)c(OC(C#N)CC)c(F)c1. The van der Waals surface area contributed by atoms with Crippen molar-refractivity contribution >= 4 is 0 Å². The average Bonchev–Trinajstić information content (AvgIpc) is 2.38. The second-order valence-corrected chi connectivity index (χ2v) is 4.40. The fourth-order valence-electron chi connectivity index (χ4n) is 1.63. The van der Waals surface area contributed by atoms with E-state index in [1.54, 1.807) is 6.92 Å². The summed E-state index contributed by atoms with van der Waals surface area (Å²) in [5.41, 5.74) is 6.24. The van der Waals surface area contributed by atoms with Gasteiger partial charge in [-0.05, 0) is 37.0 Å². The average molecular weight is 268 g/mol. The minimum atomic E-state index is -0.854. The van der Waals surface area contributed by atoms with Crippen LogP contribution in [0.5, 0.6) is 5.75 Å². The zero-order valence-corrected chi connectivity index (χ0v) is 11.1. The molecule has 0 bridgehead atoms. The number of rotatable bonds is 6. The van der Waals surface area contributed by atoms with Gasteiger partial charge < -0.3 is 10.5 Å². The van der Waals surface area contributed by atoms with Gasteiger partial charge in [-0.3, -0.25) is 0 Å². The summed E-state index contributed by atoms with van der Waals surface area (Å²) in [7, 11) is 0. The van der Waals surface area contributed by atoms with Gasteiger partial charge in [-0.25, -0.2) is 8.78 Å². The van der Waals surface area contributed by atoms with Crippen LogP contribution in [0, 0.1) is 23.0 Å². The Hall–Kier alpha value is -1.67. The molecule has 2 atom stereocenters. The Kier molecular flexibility index (Phi) is 5.71. The molecule has 1 rings (SSSR count). The first-order chi connectivity index (χ1) is 9.01. The molecular weight excluding hydrogens is 250 g/mol. The molecule has 0 fully saturated rings. The lowest BCUT2D eigenvalue weighted by Crippen LogP contribution is -2.21. The number of nitrogens with two attached hydrogens (primary N) is 1. The normalized spacial score (nSPS) is 13.7. The quantitative estimate of drug-likeness (QED) is 0.863. The van der Waals surface area contributed by atoms with E-state index in [0.29, 0.717) is 18.4 Å². The highest BCUT2D eigenvalue weighted by atomic mass is 19.1. The summed E-state index contributed by atoms with van der Waals surface area (Å²) in [5.74, 6) is -2.10. The highest BCUT2D eigenvalue weighted by Gasteiger charge is 2.17. The molecule has 1 aromatic rings. The van der Waals surface area contributed by atoms with Gasteiger partial charge in [0, 0.05) is 6.04 Å². The zero-order valence-electron chi connectivity index (χ0n) is 11.1. The summed E-state index contributed by atoms with van der Waals surface area (Å²) in [6.07, 6.45) is 0.638. The molecule has 0 spiro atoms. The monoisotopic (exact) mass is 268 g/mol. The Bertz CT molecular complexity index is 448. The molecule has 3 nitrogen and oxygen atoms in total. The second-order valence-electron chi connectivity index (χ2n) is 4.40. The predicted octanol–water partition coefficient (Wildman–Crippen LogP) is 2.93. The number of ether oxygens (including phenoxy) is 1. The third-order valence-corrected chi connectivity index (χ3v) is 2.86. The molecule has 104 valence electrons. The maximum atomic E-state index is 13.8. The number of nitriles is 1. The van der Waals surface area contributed by atoms with Crippen LogP contribution in [-0.2, 0) is 6.42 Å². The lowest BCUT2D eigenvalue weighted by molar-refractivity contribution is 0.228. The summed E-state index contributed by atoms with van der Waals surface area (Å²) in [6, 6.07) is 4.12. The van der Waals surface area contributed by atoms with Crippen molar-refractivity contribution in [2.75, 3.05) is 0 Å². The van der Waals surface area contributed by atoms with Crippen molar-refractivity contribution in [1.29, 1.82) is 5.26 Å². The van der Waals surface area contributed by atoms with Gasteiger partial charge in [0.2, 0.25) is 0 Å². The van der Waals surface area contributed by atoms with Gasteiger partial charge in [-0.1, -0.05) is 13.8 Å². The van der Waals surface area contributed by atoms with E-state index >= 15 is 0 Å². The fraction of sp³-hybridized carbons (Fsp3) is 0.500. The molecule has 0 radical (unpaired) electrons. The Morgan fingerprint density at radius 1 is 1.26 bits per heavy atom. The summed E-state index contributed by atoms with van der Waals surface area (Å²) < 4.78 is 32.6. The predicted molar refractivity (Wildman–Crippen MR) is 68.6 cm³/mol. The van der Waals surface area contributed by atoms with Crippen LogP contribution >= 0.6 is 0 Å². The van der Waals surface area contributed by atoms with E-state index in [9.17, 15) is 8.78 Å². The van der Waals surface area contributed by atoms with Gasteiger partial charge in [0.1, 0.15) is 6.07 Å². The van der Waals surface area contributed by atoms with E-state index < -0.39 is 23.5 Å². The molecule has 0 saturated carbocycles. The maximum absolute atomic E-state index is 13.8. The molecule has 5 heteroatoms. The molecule has 0 aromatic heterocycles. The molecule has 0 aliphatic heterocycles. The molecule has 0 heterocycles. The van der Waals surface area contributed by atoms with Crippen molar-refractivity contribution in [3.8, 4) is 11.8 Å². The summed E-state index contributed by atoms with van der Waals surface area (Å²) in [4.78, 5) is 0. The minimum Gasteiger partial charge on any atom is -0.469 e. The van der Waals surface area contributed by atoms with Crippen molar-refractivity contribution in [1.82, 2.24) is 0 Å². The Labute approximate surface area is 112 Å². The van der Waals surface area contributed by atoms with Gasteiger partial charge in [-0.15, -0.1) is 0 Å². The molecule has 2 unspecified atom stereocenters. The van der Waals surface area contributed by atoms with Gasteiger partial charge >= 0.3 is 0 Å². The highest BCUT2D eigenvalue weighted by Crippen LogP contribution is 2.25. The fourth-order valence-corrected chi connectivity index (χ4v) is 1.63. The third-order valence-electron chi connectivity index (χ3n) is 2.86. The Morgan fingerprint density at radius 3 is 2.26 bits per heavy atom. The summed E-state index contributed by atoms with van der Waals surface area (Å²) >= 11 is 0. The van der Waals surface area contributed by atoms with Crippen LogP contribution in [-0.4, -0.2) is 12.1 Å². The van der Waals surface area contributed by atoms with E-state index in [0.717, 1.165) is 6.42 Å². The van der Waals surface area contributed by atoms with Crippen molar-refractivity contribution in [2.24, 2.45) is 5.73 Å². The topological polar surface area (TPSA) is 59.0 Å². The van der Waals surface area contributed by atoms with Crippen LogP contribution in [0.25, 0.3) is 0 Å². The van der Waals surface area contributed by atoms with Gasteiger partial charge in [0.25, 0.3) is 0 Å². The number of hydrogen-bond acceptors (Lipinski definition) is 3. The first kappa shape index (κ1) is 15.4. The molecular formula is C14H18F2N2O. The van der Waals surface area contributed by atoms with E-state index in [1.165, 1.54) is 12.1 Å². The van der Waals surface area contributed by atoms with Crippen molar-refractivity contribution < 1.29 is 13.5 Å². The van der Waals surface area contributed by atoms with Crippen LogP contribution < -0.4 is 10.5 Å². The number of halogens is 2. The Balaban J connectivity index is 2.94. The molecule has 0 aliphatic rings. The molecule has 0 aliphatic carbocycles. The van der Waals surface area contributed by atoms with Crippen molar-refractivity contribution in [3.05, 3.63) is 29.3 Å². The lowest BCUT2D eigenvalue weighted by Gasteiger charge is -2.14. The zero-order chi connectivity index (χ0) is 14.4. The third kappa shape index (κ3) is 4.18. The van der Waals surface area contributed by atoms with Crippen LogP contribution in [0.4, 0.5) is 8.78 Å². The standard InChI is InChI=1S/C14H18F2N2O/c1-3-10(18)5-9-6-12(15)14(13(16)7-9)19-11(4-2)8-17/h6-7,10-11H,3-5,18H2,1-2H3. The van der Waals surface area contributed by atoms with Gasteiger partial charge in [0.15, 0.2) is 23.5 Å². The number of hydrogen-bond donors (Lipinski definition) is 1. The minimum absolute atomic E-state index is 0.131. The maximum Gasteiger partial charge on any atom is 0.192 e. The second kappa shape index (κ2) is 7.05. The first-order valence-corrected chi connectivity index (χ1v) is 6.31. The van der Waals surface area contributed by atoms with E-state index in [2.05, 4.69) is 0 Å². The lowest BCUT2D eigenvalue weighted by atomic mass is 10.0. The van der Waals surface area contributed by atoms with E-state index in [1.807, 2.05) is 13.0 Å².